The molecule has 1 aromatic rings. The average Bonchev–Trinajstić information content (AvgIpc) is 2.85. The van der Waals surface area contributed by atoms with E-state index in [4.69, 9.17) is 0 Å². The number of hydrogen-bond acceptors (Lipinski definition) is 4. The molecule has 0 spiro atoms. The normalized spacial score (nSPS) is 15.5. The molecule has 4 nitrogen and oxygen atoms in total. The molecule has 0 aromatic heterocycles. The summed E-state index contributed by atoms with van der Waals surface area (Å²) in [6.45, 7) is 19.9. The molecule has 0 saturated heterocycles. The summed E-state index contributed by atoms with van der Waals surface area (Å²) in [5.74, 6) is 2.16. The highest BCUT2D eigenvalue weighted by molar-refractivity contribution is 7.99. The first-order valence-electron chi connectivity index (χ1n) is 13.3. The molecule has 1 unspecified atom stereocenters. The molecule has 0 bridgehead atoms. The van der Waals surface area contributed by atoms with Gasteiger partial charge in [-0.15, -0.1) is 11.8 Å². The van der Waals surface area contributed by atoms with Gasteiger partial charge in [0.05, 0.1) is 5.69 Å². The van der Waals surface area contributed by atoms with Gasteiger partial charge in [-0.3, -0.25) is 14.7 Å². The topological polar surface area (TPSA) is 44.7 Å². The van der Waals surface area contributed by atoms with Crippen molar-refractivity contribution in [1.29, 1.82) is 0 Å². The molecule has 1 N–H and O–H groups in total. The number of amides is 1. The van der Waals surface area contributed by atoms with Crippen LogP contribution in [-0.2, 0) is 4.79 Å². The summed E-state index contributed by atoms with van der Waals surface area (Å²) in [5, 5.41) is 3.42. The minimum atomic E-state index is 0.185. The fraction of sp³-hybridized carbons (Fsp3) is 0.655. The third kappa shape index (κ3) is 9.58. The van der Waals surface area contributed by atoms with Crippen molar-refractivity contribution in [2.24, 2.45) is 10.9 Å². The van der Waals surface area contributed by atoms with Gasteiger partial charge in [0.25, 0.3) is 0 Å². The van der Waals surface area contributed by atoms with E-state index in [0.717, 1.165) is 48.8 Å². The SMILES string of the molecule is C=Nc1ccc(C(C)C)cc1SCCCC(=O)NC(CC(=C)CN(CC)CC)C1CCCCC1. The summed E-state index contributed by atoms with van der Waals surface area (Å²) < 4.78 is 0. The maximum atomic E-state index is 12.9. The number of benzene rings is 1. The second kappa shape index (κ2) is 15.4. The van der Waals surface area contributed by atoms with Crippen LogP contribution in [-0.4, -0.2) is 49.0 Å². The summed E-state index contributed by atoms with van der Waals surface area (Å²) in [6, 6.07) is 6.63. The number of likely N-dealkylation sites (N-methyl/N-ethyl adjacent to an activating group) is 1. The summed E-state index contributed by atoms with van der Waals surface area (Å²) >= 11 is 1.78. The van der Waals surface area contributed by atoms with E-state index in [2.05, 4.69) is 74.4 Å². The predicted octanol–water partition coefficient (Wildman–Crippen LogP) is 7.37. The van der Waals surface area contributed by atoms with E-state index >= 15 is 0 Å². The van der Waals surface area contributed by atoms with Gasteiger partial charge in [-0.05, 0) is 80.8 Å². The Bertz CT molecular complexity index is 782. The van der Waals surface area contributed by atoms with Gasteiger partial charge in [-0.2, -0.15) is 0 Å². The van der Waals surface area contributed by atoms with Gasteiger partial charge in [0.2, 0.25) is 5.91 Å². The van der Waals surface area contributed by atoms with Crippen LogP contribution < -0.4 is 5.32 Å². The molecule has 1 fully saturated rings. The number of hydrogen-bond donors (Lipinski definition) is 1. The number of carbonyl (C=O) groups is 1. The molecular formula is C29H47N3OS. The summed E-state index contributed by atoms with van der Waals surface area (Å²) in [6.07, 6.45) is 8.67. The molecule has 1 aromatic carbocycles. The van der Waals surface area contributed by atoms with Gasteiger partial charge in [0.1, 0.15) is 0 Å². The Morgan fingerprint density at radius 1 is 1.21 bits per heavy atom. The second-order valence-electron chi connectivity index (χ2n) is 9.98. The van der Waals surface area contributed by atoms with Gasteiger partial charge in [-0.1, -0.05) is 65.2 Å². The fourth-order valence-electron chi connectivity index (χ4n) is 4.84. The first kappa shape index (κ1) is 28.6. The highest BCUT2D eigenvalue weighted by Crippen LogP contribution is 2.33. The zero-order chi connectivity index (χ0) is 24.9. The molecule has 190 valence electrons. The van der Waals surface area contributed by atoms with Gasteiger partial charge in [0.15, 0.2) is 0 Å². The highest BCUT2D eigenvalue weighted by atomic mass is 32.2. The van der Waals surface area contributed by atoms with Crippen molar-refractivity contribution in [3.05, 3.63) is 35.9 Å². The highest BCUT2D eigenvalue weighted by Gasteiger charge is 2.26. The number of aliphatic imine (C=N–C) groups is 1. The maximum absolute atomic E-state index is 12.9. The van der Waals surface area contributed by atoms with Gasteiger partial charge in [0, 0.05) is 23.9 Å². The van der Waals surface area contributed by atoms with Crippen LogP contribution in [0.4, 0.5) is 5.69 Å². The largest absolute Gasteiger partial charge is 0.353 e. The minimum absolute atomic E-state index is 0.185. The smallest absolute Gasteiger partial charge is 0.220 e. The van der Waals surface area contributed by atoms with Crippen LogP contribution in [0.3, 0.4) is 0 Å². The molecule has 1 amide bonds. The van der Waals surface area contributed by atoms with Crippen molar-refractivity contribution in [3.63, 3.8) is 0 Å². The number of nitrogens with zero attached hydrogens (tertiary/aromatic N) is 2. The monoisotopic (exact) mass is 485 g/mol. The van der Waals surface area contributed by atoms with Crippen LogP contribution in [0.5, 0.6) is 0 Å². The van der Waals surface area contributed by atoms with Crippen molar-refractivity contribution in [1.82, 2.24) is 10.2 Å². The third-order valence-electron chi connectivity index (χ3n) is 7.04. The van der Waals surface area contributed by atoms with E-state index in [0.29, 0.717) is 18.3 Å². The molecule has 2 rings (SSSR count). The van der Waals surface area contributed by atoms with E-state index in [9.17, 15) is 4.79 Å². The number of thioether (sulfide) groups is 1. The quantitative estimate of drug-likeness (QED) is 0.122. The lowest BCUT2D eigenvalue weighted by Crippen LogP contribution is -2.42. The van der Waals surface area contributed by atoms with Crippen molar-refractivity contribution < 1.29 is 4.79 Å². The maximum Gasteiger partial charge on any atom is 0.220 e. The van der Waals surface area contributed by atoms with Crippen molar-refractivity contribution in [3.8, 4) is 0 Å². The van der Waals surface area contributed by atoms with Crippen LogP contribution in [0.15, 0.2) is 40.2 Å². The second-order valence-corrected chi connectivity index (χ2v) is 11.1. The van der Waals surface area contributed by atoms with Crippen LogP contribution in [0.2, 0.25) is 0 Å². The van der Waals surface area contributed by atoms with Gasteiger partial charge in [-0.25, -0.2) is 0 Å². The van der Waals surface area contributed by atoms with E-state index in [1.807, 2.05) is 0 Å². The first-order chi connectivity index (χ1) is 16.4. The standard InChI is InChI=1S/C29H47N3OS/c1-7-32(8-2)21-23(5)19-27(24-13-10-9-11-14-24)31-29(33)15-12-18-34-28-20-25(22(3)4)16-17-26(28)30-6/h16-17,20,22,24,27H,5-15,18-19,21H2,1-4H3,(H,31,33). The van der Waals surface area contributed by atoms with E-state index in [1.54, 1.807) is 11.8 Å². The Morgan fingerprint density at radius 3 is 2.53 bits per heavy atom. The molecule has 1 atom stereocenters. The Morgan fingerprint density at radius 2 is 1.91 bits per heavy atom. The zero-order valence-electron chi connectivity index (χ0n) is 22.1. The fourth-order valence-corrected chi connectivity index (χ4v) is 5.85. The molecule has 1 aliphatic rings. The Kier molecular flexibility index (Phi) is 13.0. The van der Waals surface area contributed by atoms with Crippen molar-refractivity contribution >= 4 is 30.1 Å². The third-order valence-corrected chi connectivity index (χ3v) is 8.17. The Balaban J connectivity index is 1.88. The molecule has 5 heteroatoms. The van der Waals surface area contributed by atoms with E-state index in [-0.39, 0.29) is 11.9 Å². The van der Waals surface area contributed by atoms with Gasteiger partial charge < -0.3 is 5.32 Å². The molecule has 1 saturated carbocycles. The molecule has 0 heterocycles. The Hall–Kier alpha value is -1.59. The van der Waals surface area contributed by atoms with Crippen LogP contribution >= 0.6 is 11.8 Å². The first-order valence-corrected chi connectivity index (χ1v) is 14.3. The lowest BCUT2D eigenvalue weighted by Gasteiger charge is -2.32. The zero-order valence-corrected chi connectivity index (χ0v) is 22.9. The average molecular weight is 486 g/mol. The van der Waals surface area contributed by atoms with Crippen molar-refractivity contribution in [2.45, 2.75) is 95.9 Å². The van der Waals surface area contributed by atoms with Crippen LogP contribution in [0, 0.1) is 5.92 Å². The number of carbonyl (C=O) groups excluding carboxylic acids is 1. The van der Waals surface area contributed by atoms with Crippen molar-refractivity contribution in [2.75, 3.05) is 25.4 Å². The number of rotatable bonds is 15. The van der Waals surface area contributed by atoms with E-state index in [1.165, 1.54) is 43.2 Å². The minimum Gasteiger partial charge on any atom is -0.353 e. The predicted molar refractivity (Wildman–Crippen MR) is 150 cm³/mol. The molecule has 0 aliphatic heterocycles. The molecule has 34 heavy (non-hydrogen) atoms. The van der Waals surface area contributed by atoms with Crippen LogP contribution in [0.25, 0.3) is 0 Å². The lowest BCUT2D eigenvalue weighted by molar-refractivity contribution is -0.122. The summed E-state index contributed by atoms with van der Waals surface area (Å²) in [4.78, 5) is 20.6. The van der Waals surface area contributed by atoms with E-state index < -0.39 is 0 Å². The lowest BCUT2D eigenvalue weighted by atomic mass is 9.81. The van der Waals surface area contributed by atoms with Gasteiger partial charge >= 0.3 is 0 Å². The number of nitrogens with one attached hydrogen (secondary N) is 1. The molecule has 0 radical (unpaired) electrons. The van der Waals surface area contributed by atoms with Crippen LogP contribution in [0.1, 0.15) is 90.5 Å². The molecular weight excluding hydrogens is 438 g/mol. The summed E-state index contributed by atoms with van der Waals surface area (Å²) in [7, 11) is 0. The molecule has 1 aliphatic carbocycles. The summed E-state index contributed by atoms with van der Waals surface area (Å²) in [5.41, 5.74) is 3.49. The Labute approximate surface area is 213 Å².